The third kappa shape index (κ3) is 4.36. The van der Waals surface area contributed by atoms with Crippen molar-refractivity contribution in [2.24, 2.45) is 5.92 Å². The van der Waals surface area contributed by atoms with Gasteiger partial charge in [-0.15, -0.1) is 0 Å². The smallest absolute Gasteiger partial charge is 0.241 e. The Hall–Kier alpha value is -1.96. The van der Waals surface area contributed by atoms with Crippen LogP contribution in [0.4, 0.5) is 0 Å². The van der Waals surface area contributed by atoms with Gasteiger partial charge in [0.05, 0.1) is 18.0 Å². The summed E-state index contributed by atoms with van der Waals surface area (Å²) in [5, 5.41) is 0. The Labute approximate surface area is 148 Å². The number of ether oxygens (including phenoxy) is 2. The van der Waals surface area contributed by atoms with Gasteiger partial charge in [-0.1, -0.05) is 6.07 Å². The summed E-state index contributed by atoms with van der Waals surface area (Å²) in [5.41, 5.74) is 0.867. The van der Waals surface area contributed by atoms with E-state index in [-0.39, 0.29) is 16.9 Å². The van der Waals surface area contributed by atoms with Gasteiger partial charge in [-0.05, 0) is 54.7 Å². The summed E-state index contributed by atoms with van der Waals surface area (Å²) in [4.78, 5) is 4.36. The molecule has 1 N–H and O–H groups in total. The minimum Gasteiger partial charge on any atom is -0.497 e. The number of hydrogen-bond donors (Lipinski definition) is 1. The molecular weight excluding hydrogens is 340 g/mol. The number of nitrogens with one attached hydrogen (secondary N) is 1. The molecule has 1 aromatic heterocycles. The minimum absolute atomic E-state index is 0.172. The first-order valence-electron chi connectivity index (χ1n) is 8.24. The highest BCUT2D eigenvalue weighted by Crippen LogP contribution is 2.31. The van der Waals surface area contributed by atoms with Gasteiger partial charge >= 0.3 is 0 Å². The summed E-state index contributed by atoms with van der Waals surface area (Å²) in [5.74, 6) is 0.790. The van der Waals surface area contributed by atoms with Crippen LogP contribution in [0.2, 0.25) is 0 Å². The number of sulfonamides is 1. The maximum atomic E-state index is 12.9. The van der Waals surface area contributed by atoms with E-state index in [4.69, 9.17) is 9.47 Å². The maximum Gasteiger partial charge on any atom is 0.241 e. The molecule has 1 atom stereocenters. The highest BCUT2D eigenvalue weighted by Gasteiger charge is 2.30. The molecule has 1 unspecified atom stereocenters. The van der Waals surface area contributed by atoms with Crippen molar-refractivity contribution in [3.8, 4) is 5.75 Å². The Morgan fingerprint density at radius 2 is 1.92 bits per heavy atom. The highest BCUT2D eigenvalue weighted by atomic mass is 32.2. The highest BCUT2D eigenvalue weighted by molar-refractivity contribution is 7.89. The predicted octanol–water partition coefficient (Wildman–Crippen LogP) is 2.54. The summed E-state index contributed by atoms with van der Waals surface area (Å²) >= 11 is 0. The van der Waals surface area contributed by atoms with Crippen molar-refractivity contribution >= 4 is 10.0 Å². The molecule has 134 valence electrons. The van der Waals surface area contributed by atoms with Crippen molar-refractivity contribution in [1.29, 1.82) is 0 Å². The summed E-state index contributed by atoms with van der Waals surface area (Å²) in [6.07, 6.45) is 5.02. The summed E-state index contributed by atoms with van der Waals surface area (Å²) in [6.45, 7) is 1.29. The second-order valence-electron chi connectivity index (χ2n) is 6.01. The molecule has 6 nitrogen and oxygen atoms in total. The fourth-order valence-corrected chi connectivity index (χ4v) is 4.33. The van der Waals surface area contributed by atoms with Crippen molar-refractivity contribution in [3.63, 3.8) is 0 Å². The molecule has 0 amide bonds. The molecule has 0 saturated carbocycles. The van der Waals surface area contributed by atoms with Gasteiger partial charge in [0.2, 0.25) is 10.0 Å². The lowest BCUT2D eigenvalue weighted by molar-refractivity contribution is 0.0564. The molecule has 1 saturated heterocycles. The second-order valence-corrected chi connectivity index (χ2v) is 7.72. The summed E-state index contributed by atoms with van der Waals surface area (Å²) in [7, 11) is -2.11. The maximum absolute atomic E-state index is 12.9. The molecule has 2 heterocycles. The largest absolute Gasteiger partial charge is 0.497 e. The number of pyridine rings is 1. The normalized spacial score (nSPS) is 17.2. The van der Waals surface area contributed by atoms with Crippen LogP contribution in [0.1, 0.15) is 24.4 Å². The predicted molar refractivity (Wildman–Crippen MR) is 93.8 cm³/mol. The van der Waals surface area contributed by atoms with Crippen LogP contribution in [0, 0.1) is 5.92 Å². The molecule has 1 aromatic carbocycles. The zero-order valence-corrected chi connectivity index (χ0v) is 14.9. The molecule has 25 heavy (non-hydrogen) atoms. The van der Waals surface area contributed by atoms with E-state index < -0.39 is 10.0 Å². The van der Waals surface area contributed by atoms with Crippen LogP contribution in [0.25, 0.3) is 0 Å². The number of benzene rings is 1. The molecule has 3 rings (SSSR count). The summed E-state index contributed by atoms with van der Waals surface area (Å²) in [6, 6.07) is 9.78. The van der Waals surface area contributed by atoms with E-state index in [1.807, 2.05) is 12.1 Å². The number of methoxy groups -OCH3 is 1. The topological polar surface area (TPSA) is 77.5 Å². The first-order valence-corrected chi connectivity index (χ1v) is 9.72. The van der Waals surface area contributed by atoms with Crippen LogP contribution < -0.4 is 9.46 Å². The van der Waals surface area contributed by atoms with Gasteiger partial charge in [0.25, 0.3) is 0 Å². The fourth-order valence-electron chi connectivity index (χ4n) is 3.04. The Balaban J connectivity index is 1.87. The molecule has 7 heteroatoms. The molecule has 1 aliphatic heterocycles. The minimum atomic E-state index is -3.66. The van der Waals surface area contributed by atoms with Gasteiger partial charge in [0.15, 0.2) is 0 Å². The van der Waals surface area contributed by atoms with Crippen LogP contribution in [0.3, 0.4) is 0 Å². The van der Waals surface area contributed by atoms with Crippen molar-refractivity contribution < 1.29 is 17.9 Å². The van der Waals surface area contributed by atoms with Crippen LogP contribution in [-0.2, 0) is 14.8 Å². The van der Waals surface area contributed by atoms with Crippen LogP contribution in [0.5, 0.6) is 5.75 Å². The zero-order valence-electron chi connectivity index (χ0n) is 14.1. The molecule has 2 aromatic rings. The molecule has 0 aliphatic carbocycles. The second kappa shape index (κ2) is 7.95. The van der Waals surface area contributed by atoms with E-state index in [1.54, 1.807) is 43.8 Å². The quantitative estimate of drug-likeness (QED) is 0.854. The average molecular weight is 362 g/mol. The van der Waals surface area contributed by atoms with E-state index in [9.17, 15) is 8.42 Å². The van der Waals surface area contributed by atoms with Gasteiger partial charge < -0.3 is 9.47 Å². The third-order valence-electron chi connectivity index (χ3n) is 4.43. The SMILES string of the molecule is COc1ccc(S(=O)(=O)NC(c2cccnc2)C2CCOCC2)cc1. The fraction of sp³-hybridized carbons (Fsp3) is 0.389. The molecule has 0 bridgehead atoms. The van der Waals surface area contributed by atoms with E-state index >= 15 is 0 Å². The summed E-state index contributed by atoms with van der Waals surface area (Å²) < 4.78 is 39.1. The zero-order chi connectivity index (χ0) is 17.7. The average Bonchev–Trinajstić information content (AvgIpc) is 2.67. The molecule has 0 spiro atoms. The van der Waals surface area contributed by atoms with Crippen molar-refractivity contribution in [1.82, 2.24) is 9.71 Å². The van der Waals surface area contributed by atoms with Gasteiger partial charge in [0.1, 0.15) is 5.75 Å². The van der Waals surface area contributed by atoms with Crippen molar-refractivity contribution in [2.45, 2.75) is 23.8 Å². The number of aromatic nitrogens is 1. The van der Waals surface area contributed by atoms with Crippen molar-refractivity contribution in [2.75, 3.05) is 20.3 Å². The number of rotatable bonds is 6. The Kier molecular flexibility index (Phi) is 5.67. The lowest BCUT2D eigenvalue weighted by Crippen LogP contribution is -2.36. The Morgan fingerprint density at radius 1 is 1.20 bits per heavy atom. The van der Waals surface area contributed by atoms with E-state index in [2.05, 4.69) is 9.71 Å². The van der Waals surface area contributed by atoms with Crippen LogP contribution in [0.15, 0.2) is 53.7 Å². The van der Waals surface area contributed by atoms with Gasteiger partial charge in [-0.25, -0.2) is 13.1 Å². The van der Waals surface area contributed by atoms with Gasteiger partial charge in [0, 0.05) is 25.6 Å². The van der Waals surface area contributed by atoms with E-state index in [1.165, 1.54) is 0 Å². The van der Waals surface area contributed by atoms with Crippen LogP contribution in [-0.4, -0.2) is 33.7 Å². The third-order valence-corrected chi connectivity index (χ3v) is 5.89. The number of nitrogens with zero attached hydrogens (tertiary/aromatic N) is 1. The van der Waals surface area contributed by atoms with Crippen molar-refractivity contribution in [3.05, 3.63) is 54.4 Å². The molecule has 1 fully saturated rings. The van der Waals surface area contributed by atoms with Crippen LogP contribution >= 0.6 is 0 Å². The standard InChI is InChI=1S/C18H22N2O4S/c1-23-16-4-6-17(7-5-16)25(21,22)20-18(14-8-11-24-12-9-14)15-3-2-10-19-13-15/h2-7,10,13-14,18,20H,8-9,11-12H2,1H3. The van der Waals surface area contributed by atoms with E-state index in [0.717, 1.165) is 18.4 Å². The van der Waals surface area contributed by atoms with Gasteiger partial charge in [-0.3, -0.25) is 4.98 Å². The molecule has 0 radical (unpaired) electrons. The van der Waals surface area contributed by atoms with E-state index in [0.29, 0.717) is 19.0 Å². The molecule has 1 aliphatic rings. The molecular formula is C18H22N2O4S. The first kappa shape index (κ1) is 17.8. The monoisotopic (exact) mass is 362 g/mol. The number of hydrogen-bond acceptors (Lipinski definition) is 5. The van der Waals surface area contributed by atoms with Gasteiger partial charge in [-0.2, -0.15) is 0 Å². The lowest BCUT2D eigenvalue weighted by atomic mass is 9.88. The first-order chi connectivity index (χ1) is 12.1. The Morgan fingerprint density at radius 3 is 2.52 bits per heavy atom. The Bertz CT molecular complexity index is 772. The lowest BCUT2D eigenvalue weighted by Gasteiger charge is -2.31.